The number of aromatic hydroxyl groups is 1. The largest absolute Gasteiger partial charge is 0.508 e. The number of rotatable bonds is 22. The van der Waals surface area contributed by atoms with Gasteiger partial charge < -0.3 is 53.2 Å². The van der Waals surface area contributed by atoms with Gasteiger partial charge in [-0.2, -0.15) is 38.2 Å². The Hall–Kier alpha value is -9.16. The lowest BCUT2D eigenvalue weighted by molar-refractivity contribution is -0.438. The van der Waals surface area contributed by atoms with Crippen molar-refractivity contribution in [2.24, 2.45) is 16.5 Å². The molecule has 34 heteroatoms. The van der Waals surface area contributed by atoms with Crippen LogP contribution in [0.3, 0.4) is 0 Å². The molecule has 5 aromatic rings. The number of aliphatic imine (C=N–C) groups is 1. The van der Waals surface area contributed by atoms with E-state index in [1.54, 1.807) is 36.4 Å². The van der Waals surface area contributed by atoms with Crippen LogP contribution < -0.4 is 43.0 Å². The van der Waals surface area contributed by atoms with Gasteiger partial charge in [-0.1, -0.05) is 50.6 Å². The lowest BCUT2D eigenvalue weighted by Gasteiger charge is -2.26. The lowest BCUT2D eigenvalue weighted by atomic mass is 9.80. The van der Waals surface area contributed by atoms with E-state index in [9.17, 15) is 90.9 Å². The highest BCUT2D eigenvalue weighted by atomic mass is 32.2. The number of likely N-dealkylation sites (N-methyl/N-ethyl adjacent to an activating group) is 1. The van der Waals surface area contributed by atoms with Gasteiger partial charge in [0.1, 0.15) is 46.3 Å². The summed E-state index contributed by atoms with van der Waals surface area (Å²) in [7, 11) is -20.1. The molecule has 520 valence electrons. The zero-order valence-electron chi connectivity index (χ0n) is 53.1. The van der Waals surface area contributed by atoms with Crippen LogP contribution in [0, 0.1) is 0 Å². The third-order valence-corrected chi connectivity index (χ3v) is 20.5. The third kappa shape index (κ3) is 17.2. The predicted octanol–water partition coefficient (Wildman–Crippen LogP) is 3.28. The number of guanidine groups is 1. The number of nitrogens with two attached hydrogens (primary N) is 2. The molecule has 5 aromatic carbocycles. The van der Waals surface area contributed by atoms with E-state index >= 15 is 0 Å². The molecule has 0 bridgehead atoms. The van der Waals surface area contributed by atoms with Crippen LogP contribution in [0.25, 0.3) is 21.5 Å². The second kappa shape index (κ2) is 28.9. The molecule has 30 nitrogen and oxygen atoms in total. The number of amides is 5. The maximum absolute atomic E-state index is 14.5. The fourth-order valence-corrected chi connectivity index (χ4v) is 14.9. The molecule has 0 aliphatic carbocycles. The molecule has 3 aliphatic heterocycles. The van der Waals surface area contributed by atoms with Crippen LogP contribution in [0.15, 0.2) is 133 Å². The number of nitrogens with zero attached hydrogens (tertiary/aromatic N) is 3. The highest BCUT2D eigenvalue weighted by Crippen LogP contribution is 2.50. The van der Waals surface area contributed by atoms with Crippen LogP contribution in [-0.4, -0.2) is 164 Å². The molecule has 1 saturated heterocycles. The summed E-state index contributed by atoms with van der Waals surface area (Å²) in [6.07, 6.45) is 8.35. The molecule has 1 fully saturated rings. The number of unbranched alkanes of at least 4 members (excludes halogenated alkanes) is 2. The molecular weight excluding hydrogens is 1350 g/mol. The number of carbonyl (C=O) groups is 6. The number of benzene rings is 5. The molecule has 15 N–H and O–H groups in total. The molecule has 0 spiro atoms. The van der Waals surface area contributed by atoms with Gasteiger partial charge in [0, 0.05) is 71.2 Å². The molecule has 3 aliphatic rings. The van der Waals surface area contributed by atoms with Crippen molar-refractivity contribution >= 4 is 121 Å². The molecule has 97 heavy (non-hydrogen) atoms. The first kappa shape index (κ1) is 73.6. The number of anilines is 1. The fourth-order valence-electron chi connectivity index (χ4n) is 12.2. The number of nitrogens with one attached hydrogen (secondary N) is 5. The number of phenolic OH excluding ortho intramolecular Hbond substituents is 1. The SMILES string of the molecule is CCN1/C(=C/C=C/C=C/C2=[N+](CCCCC[C@@H]3NC(=O)[C@@H](Cc4ccc(O)cc4)NC(=O)[C@H](CC(=O)O)NC(=O)CNC(=O)[C@H](CCCN=C(N)N)NC3=O)c3cc4c(S(=O)(=O)O)cc(S(=O)(=O)O)cc4cc3C2(C)C)C(C)(C)c2cc3cc(S(=O)(=O)O)cc(S(=O)(=O)O)c3cc21. The van der Waals surface area contributed by atoms with Crippen LogP contribution in [0.2, 0.25) is 0 Å². The van der Waals surface area contributed by atoms with Crippen molar-refractivity contribution in [1.29, 1.82) is 0 Å². The number of hydrogen-bond acceptors (Lipinski definition) is 17. The number of carbonyl (C=O) groups excluding carboxylic acids is 5. The second-order valence-corrected chi connectivity index (χ2v) is 30.2. The number of phenols is 1. The van der Waals surface area contributed by atoms with Crippen molar-refractivity contribution in [3.8, 4) is 5.75 Å². The standard InChI is InChI=1S/C63H74N10O20S4/c1-6-72-49-31-41-36(25-39(94(82,83)84)29-51(41)96(88,89)90)27-43(49)62(2,3)53(72)16-10-7-11-17-54-63(4,5)44-28-37-26-40(95(85,86)87)30-52(97(91,92)93)42(37)32-50(44)73(54)23-12-8-9-14-46-58(79)69-45(15-13-22-66-61(64)65)57(78)67-34-55(75)68-48(33-56(76)77)60(81)71-47(59(80)70-46)24-35-18-20-38(74)21-19-35/h7,10-11,16-21,25-32,45-48H,6,8-9,12-15,22-24,33-34H2,1-5H3,(H14-,64,65,66,67,68,69,70,71,74,75,76,77,78,79,80,81,82,83,84,85,86,87,88,89,90,91,92,93)/p+1/t45-,46-,47+,48-/m0/s1. The van der Waals surface area contributed by atoms with E-state index in [-0.39, 0.29) is 78.4 Å². The van der Waals surface area contributed by atoms with Gasteiger partial charge in [0.15, 0.2) is 11.7 Å². The molecule has 0 radical (unpaired) electrons. The number of allylic oxidation sites excluding steroid dienone is 6. The monoisotopic (exact) mass is 1420 g/mol. The quantitative estimate of drug-likeness (QED) is 0.0118. The van der Waals surface area contributed by atoms with Crippen LogP contribution in [0.4, 0.5) is 11.4 Å². The van der Waals surface area contributed by atoms with E-state index in [0.29, 0.717) is 65.3 Å². The van der Waals surface area contributed by atoms with Gasteiger partial charge in [0.2, 0.25) is 35.2 Å². The Labute approximate surface area is 559 Å². The number of hydrogen-bond donors (Lipinski definition) is 13. The molecule has 5 amide bonds. The Bertz CT molecular complexity index is 4680. The normalized spacial score (nSPS) is 20.1. The number of aliphatic carboxylic acids is 1. The second-order valence-electron chi connectivity index (χ2n) is 24.5. The maximum Gasteiger partial charge on any atom is 0.305 e. The molecule has 4 atom stereocenters. The Morgan fingerprint density at radius 1 is 0.639 bits per heavy atom. The summed E-state index contributed by atoms with van der Waals surface area (Å²) in [4.78, 5) is 84.6. The van der Waals surface area contributed by atoms with Crippen LogP contribution in [-0.2, 0) is 86.5 Å². The first-order valence-electron chi connectivity index (χ1n) is 30.4. The van der Waals surface area contributed by atoms with Gasteiger partial charge >= 0.3 is 5.97 Å². The van der Waals surface area contributed by atoms with Gasteiger partial charge in [0.05, 0.1) is 28.2 Å². The number of fused-ring (bicyclic) bond motifs is 4. The number of carboxylic acid groups (broad SMARTS) is 1. The van der Waals surface area contributed by atoms with Gasteiger partial charge in [-0.3, -0.25) is 52.0 Å². The Morgan fingerprint density at radius 3 is 1.75 bits per heavy atom. The maximum atomic E-state index is 14.5. The minimum Gasteiger partial charge on any atom is -0.508 e. The summed E-state index contributed by atoms with van der Waals surface area (Å²) in [5, 5.41) is 32.3. The summed E-state index contributed by atoms with van der Waals surface area (Å²) in [6.45, 7) is 9.17. The summed E-state index contributed by atoms with van der Waals surface area (Å²) in [5.74, 6) is -6.56. The van der Waals surface area contributed by atoms with E-state index in [1.807, 2.05) is 50.2 Å². The number of carboxylic acids is 1. The first-order valence-corrected chi connectivity index (χ1v) is 36.1. The highest BCUT2D eigenvalue weighted by Gasteiger charge is 2.46. The minimum atomic E-state index is -5.15. The molecule has 0 unspecified atom stereocenters. The van der Waals surface area contributed by atoms with E-state index < -0.39 is 144 Å². The van der Waals surface area contributed by atoms with E-state index in [0.717, 1.165) is 17.8 Å². The molecule has 0 aromatic heterocycles. The molecular formula is C63H75N10O20S4+. The van der Waals surface area contributed by atoms with Gasteiger partial charge in [-0.15, -0.1) is 0 Å². The first-order chi connectivity index (χ1) is 45.2. The third-order valence-electron chi connectivity index (χ3n) is 17.0. The van der Waals surface area contributed by atoms with Crippen LogP contribution in [0.1, 0.15) is 96.3 Å². The predicted molar refractivity (Wildman–Crippen MR) is 356 cm³/mol. The van der Waals surface area contributed by atoms with Crippen LogP contribution >= 0.6 is 0 Å². The summed E-state index contributed by atoms with van der Waals surface area (Å²) < 4.78 is 143. The van der Waals surface area contributed by atoms with Crippen molar-refractivity contribution in [3.05, 3.63) is 126 Å². The van der Waals surface area contributed by atoms with Crippen molar-refractivity contribution < 1.29 is 95.4 Å². The van der Waals surface area contributed by atoms with E-state index in [1.165, 1.54) is 36.4 Å². The molecule has 0 saturated carbocycles. The van der Waals surface area contributed by atoms with E-state index in [4.69, 9.17) is 11.5 Å². The van der Waals surface area contributed by atoms with Crippen molar-refractivity contribution in [2.75, 3.05) is 31.1 Å². The Balaban J connectivity index is 1.14. The average molecular weight is 1420 g/mol. The van der Waals surface area contributed by atoms with Gasteiger partial charge in [-0.05, 0) is 129 Å². The van der Waals surface area contributed by atoms with Gasteiger partial charge in [-0.25, -0.2) is 0 Å². The smallest absolute Gasteiger partial charge is 0.305 e. The summed E-state index contributed by atoms with van der Waals surface area (Å²) >= 11 is 0. The molecule has 3 heterocycles. The van der Waals surface area contributed by atoms with Crippen molar-refractivity contribution in [3.63, 3.8) is 0 Å². The lowest BCUT2D eigenvalue weighted by Crippen LogP contribution is -2.58. The fraction of sp³-hybridized carbons (Fsp3) is 0.365. The Kier molecular flexibility index (Phi) is 21.9. The summed E-state index contributed by atoms with van der Waals surface area (Å²) in [6, 6.07) is 9.16. The van der Waals surface area contributed by atoms with Crippen molar-refractivity contribution in [1.82, 2.24) is 26.6 Å². The average Bonchev–Trinajstić information content (AvgIpc) is 1.62. The minimum absolute atomic E-state index is 0.00236. The molecule has 8 rings (SSSR count). The summed E-state index contributed by atoms with van der Waals surface area (Å²) in [5.41, 5.74) is 13.2. The topological polar surface area (TPSA) is 491 Å². The zero-order chi connectivity index (χ0) is 71.5. The Morgan fingerprint density at radius 2 is 1.19 bits per heavy atom. The zero-order valence-corrected chi connectivity index (χ0v) is 56.4. The highest BCUT2D eigenvalue weighted by molar-refractivity contribution is 7.87. The van der Waals surface area contributed by atoms with Crippen LogP contribution in [0.5, 0.6) is 5.75 Å². The van der Waals surface area contributed by atoms with Gasteiger partial charge in [0.25, 0.3) is 40.5 Å². The van der Waals surface area contributed by atoms with Crippen molar-refractivity contribution in [2.45, 2.75) is 141 Å². The van der Waals surface area contributed by atoms with E-state index in [2.05, 4.69) is 31.6 Å².